The molecular formula is C17H19ClN2O4S. The number of hydrogen-bond donors (Lipinski definition) is 1. The maximum absolute atomic E-state index is 12.5. The third-order valence-corrected chi connectivity index (χ3v) is 6.21. The summed E-state index contributed by atoms with van der Waals surface area (Å²) in [4.78, 5) is 38.0. The standard InChI is InChI=1S/C17H19ClN2O4S/c1-10(15(22)19-12-5-3-4-11(18)8-12)24-16(23)13-9-25-17(2)7-6-14(21)20(13)17/h3-5,8,10,13H,6-7,9H2,1-2H3,(H,19,22)/t10-,13+,17-/m0/s1. The van der Waals surface area contributed by atoms with Gasteiger partial charge in [-0.3, -0.25) is 9.59 Å². The number of carbonyl (C=O) groups is 3. The van der Waals surface area contributed by atoms with E-state index in [1.807, 2.05) is 6.92 Å². The van der Waals surface area contributed by atoms with E-state index in [4.69, 9.17) is 16.3 Å². The van der Waals surface area contributed by atoms with Crippen LogP contribution < -0.4 is 5.32 Å². The normalized spacial score (nSPS) is 26.3. The van der Waals surface area contributed by atoms with E-state index < -0.39 is 24.0 Å². The fraction of sp³-hybridized carbons (Fsp3) is 0.471. The van der Waals surface area contributed by atoms with E-state index in [0.717, 1.165) is 6.42 Å². The number of anilines is 1. The lowest BCUT2D eigenvalue weighted by molar-refractivity contribution is -0.160. The van der Waals surface area contributed by atoms with E-state index in [1.165, 1.54) is 6.92 Å². The van der Waals surface area contributed by atoms with Crippen LogP contribution in [0.25, 0.3) is 0 Å². The highest BCUT2D eigenvalue weighted by Crippen LogP contribution is 2.47. The molecule has 1 aromatic rings. The Hall–Kier alpha value is -1.73. The molecule has 0 aliphatic carbocycles. The van der Waals surface area contributed by atoms with Gasteiger partial charge in [-0.1, -0.05) is 17.7 Å². The molecule has 6 nitrogen and oxygen atoms in total. The van der Waals surface area contributed by atoms with Crippen LogP contribution in [0.3, 0.4) is 0 Å². The van der Waals surface area contributed by atoms with Gasteiger partial charge in [0, 0.05) is 22.9 Å². The molecule has 1 aromatic carbocycles. The van der Waals surface area contributed by atoms with E-state index in [0.29, 0.717) is 22.9 Å². The molecule has 2 heterocycles. The maximum atomic E-state index is 12.5. The van der Waals surface area contributed by atoms with Gasteiger partial charge in [-0.2, -0.15) is 0 Å². The predicted octanol–water partition coefficient (Wildman–Crippen LogP) is 2.66. The van der Waals surface area contributed by atoms with Gasteiger partial charge in [0.05, 0.1) is 4.87 Å². The van der Waals surface area contributed by atoms with E-state index in [9.17, 15) is 14.4 Å². The van der Waals surface area contributed by atoms with Crippen LogP contribution in [0.4, 0.5) is 5.69 Å². The topological polar surface area (TPSA) is 75.7 Å². The van der Waals surface area contributed by atoms with Crippen molar-refractivity contribution < 1.29 is 19.1 Å². The van der Waals surface area contributed by atoms with Crippen LogP contribution in [-0.4, -0.2) is 45.5 Å². The van der Waals surface area contributed by atoms with Crippen molar-refractivity contribution in [1.82, 2.24) is 4.90 Å². The molecule has 2 fully saturated rings. The molecule has 25 heavy (non-hydrogen) atoms. The number of halogens is 1. The first-order chi connectivity index (χ1) is 11.8. The number of thioether (sulfide) groups is 1. The summed E-state index contributed by atoms with van der Waals surface area (Å²) in [7, 11) is 0. The van der Waals surface area contributed by atoms with Gasteiger partial charge >= 0.3 is 5.97 Å². The molecule has 2 aliphatic heterocycles. The fourth-order valence-corrected chi connectivity index (χ4v) is 4.72. The van der Waals surface area contributed by atoms with Crippen LogP contribution in [-0.2, 0) is 19.1 Å². The summed E-state index contributed by atoms with van der Waals surface area (Å²) < 4.78 is 5.31. The van der Waals surface area contributed by atoms with Gasteiger partial charge in [0.15, 0.2) is 6.10 Å². The number of ether oxygens (including phenoxy) is 1. The third-order valence-electron chi connectivity index (χ3n) is 4.47. The fourth-order valence-electron chi connectivity index (χ4n) is 3.11. The lowest BCUT2D eigenvalue weighted by Crippen LogP contribution is -2.48. The molecule has 8 heteroatoms. The van der Waals surface area contributed by atoms with E-state index in [-0.39, 0.29) is 10.8 Å². The highest BCUT2D eigenvalue weighted by molar-refractivity contribution is 8.01. The second-order valence-corrected chi connectivity index (χ2v) is 8.28. The zero-order valence-corrected chi connectivity index (χ0v) is 15.5. The maximum Gasteiger partial charge on any atom is 0.330 e. The zero-order valence-electron chi connectivity index (χ0n) is 14.0. The van der Waals surface area contributed by atoms with Crippen molar-refractivity contribution in [2.45, 2.75) is 43.7 Å². The average molecular weight is 383 g/mol. The summed E-state index contributed by atoms with van der Waals surface area (Å²) in [6.07, 6.45) is 0.199. The number of nitrogens with zero attached hydrogens (tertiary/aromatic N) is 1. The number of rotatable bonds is 4. The van der Waals surface area contributed by atoms with E-state index in [2.05, 4.69) is 5.32 Å². The van der Waals surface area contributed by atoms with Crippen LogP contribution in [0.5, 0.6) is 0 Å². The Morgan fingerprint density at radius 3 is 2.96 bits per heavy atom. The summed E-state index contributed by atoms with van der Waals surface area (Å²) in [6.45, 7) is 3.47. The highest BCUT2D eigenvalue weighted by Gasteiger charge is 2.53. The summed E-state index contributed by atoms with van der Waals surface area (Å²) in [5.41, 5.74) is 0.527. The monoisotopic (exact) mass is 382 g/mol. The number of esters is 1. The highest BCUT2D eigenvalue weighted by atomic mass is 35.5. The minimum Gasteiger partial charge on any atom is -0.451 e. The predicted molar refractivity (Wildman–Crippen MR) is 96.4 cm³/mol. The van der Waals surface area contributed by atoms with Crippen molar-refractivity contribution in [2.75, 3.05) is 11.1 Å². The Kier molecular flexibility index (Phi) is 4.97. The lowest BCUT2D eigenvalue weighted by atomic mass is 10.2. The smallest absolute Gasteiger partial charge is 0.330 e. The lowest BCUT2D eigenvalue weighted by Gasteiger charge is -2.29. The molecule has 134 valence electrons. The first-order valence-corrected chi connectivity index (χ1v) is 9.39. The minimum absolute atomic E-state index is 0.0366. The molecule has 3 rings (SSSR count). The number of nitrogens with one attached hydrogen (secondary N) is 1. The minimum atomic E-state index is -0.971. The Morgan fingerprint density at radius 1 is 1.48 bits per heavy atom. The first kappa shape index (κ1) is 18.1. The van der Waals surface area contributed by atoms with Crippen LogP contribution in [0.15, 0.2) is 24.3 Å². The van der Waals surface area contributed by atoms with Crippen molar-refractivity contribution >= 4 is 46.8 Å². The van der Waals surface area contributed by atoms with Gasteiger partial charge in [0.2, 0.25) is 5.91 Å². The molecule has 2 amide bonds. The molecule has 0 saturated carbocycles. The zero-order chi connectivity index (χ0) is 18.2. The Morgan fingerprint density at radius 2 is 2.24 bits per heavy atom. The third kappa shape index (κ3) is 3.62. The van der Waals surface area contributed by atoms with Crippen LogP contribution >= 0.6 is 23.4 Å². The summed E-state index contributed by atoms with van der Waals surface area (Å²) in [5, 5.41) is 3.15. The van der Waals surface area contributed by atoms with Crippen molar-refractivity contribution in [3.05, 3.63) is 29.3 Å². The molecular weight excluding hydrogens is 364 g/mol. The molecule has 0 aromatic heterocycles. The largest absolute Gasteiger partial charge is 0.451 e. The summed E-state index contributed by atoms with van der Waals surface area (Å²) in [5.74, 6) is -0.536. The van der Waals surface area contributed by atoms with Crippen molar-refractivity contribution in [3.63, 3.8) is 0 Å². The summed E-state index contributed by atoms with van der Waals surface area (Å²) in [6, 6.07) is 6.08. The van der Waals surface area contributed by atoms with E-state index >= 15 is 0 Å². The van der Waals surface area contributed by atoms with Crippen LogP contribution in [0.2, 0.25) is 5.02 Å². The first-order valence-electron chi connectivity index (χ1n) is 8.03. The van der Waals surface area contributed by atoms with Gasteiger partial charge in [-0.05, 0) is 38.5 Å². The number of benzene rings is 1. The van der Waals surface area contributed by atoms with E-state index in [1.54, 1.807) is 40.9 Å². The molecule has 0 radical (unpaired) electrons. The van der Waals surface area contributed by atoms with Gasteiger partial charge in [-0.25, -0.2) is 4.79 Å². The van der Waals surface area contributed by atoms with Crippen molar-refractivity contribution in [1.29, 1.82) is 0 Å². The molecule has 3 atom stereocenters. The summed E-state index contributed by atoms with van der Waals surface area (Å²) >= 11 is 7.46. The quantitative estimate of drug-likeness (QED) is 0.810. The Balaban J connectivity index is 1.61. The van der Waals surface area contributed by atoms with Crippen molar-refractivity contribution in [3.8, 4) is 0 Å². The Bertz CT molecular complexity index is 728. The molecule has 1 N–H and O–H groups in total. The Labute approximate surface area is 155 Å². The van der Waals surface area contributed by atoms with Crippen LogP contribution in [0, 0.1) is 0 Å². The number of carbonyl (C=O) groups excluding carboxylic acids is 3. The van der Waals surface area contributed by atoms with Gasteiger partial charge in [-0.15, -0.1) is 11.8 Å². The molecule has 0 unspecified atom stereocenters. The van der Waals surface area contributed by atoms with Crippen molar-refractivity contribution in [2.24, 2.45) is 0 Å². The number of fused-ring (bicyclic) bond motifs is 1. The number of hydrogen-bond acceptors (Lipinski definition) is 5. The van der Waals surface area contributed by atoms with Crippen LogP contribution in [0.1, 0.15) is 26.7 Å². The molecule has 2 aliphatic rings. The molecule has 0 bridgehead atoms. The number of amides is 2. The van der Waals surface area contributed by atoms with Gasteiger partial charge < -0.3 is 15.0 Å². The average Bonchev–Trinajstić information content (AvgIpc) is 3.04. The molecule has 0 spiro atoms. The van der Waals surface area contributed by atoms with Gasteiger partial charge in [0.1, 0.15) is 6.04 Å². The SMILES string of the molecule is C[C@H](OC(=O)[C@H]1CS[C@@]2(C)CCC(=O)N12)C(=O)Nc1cccc(Cl)c1. The second-order valence-electron chi connectivity index (χ2n) is 6.34. The van der Waals surface area contributed by atoms with Gasteiger partial charge in [0.25, 0.3) is 5.91 Å². The molecule has 2 saturated heterocycles. The second kappa shape index (κ2) is 6.88.